The lowest BCUT2D eigenvalue weighted by Crippen LogP contribution is -2.22. The highest BCUT2D eigenvalue weighted by Gasteiger charge is 2.17. The number of nitrogens with one attached hydrogen (secondary N) is 1. The number of benzene rings is 1. The summed E-state index contributed by atoms with van der Waals surface area (Å²) in [4.78, 5) is 22.5. The summed E-state index contributed by atoms with van der Waals surface area (Å²) in [6, 6.07) is 15.1. The van der Waals surface area contributed by atoms with Gasteiger partial charge >= 0.3 is 0 Å². The van der Waals surface area contributed by atoms with Gasteiger partial charge in [-0.3, -0.25) is 9.78 Å². The van der Waals surface area contributed by atoms with Crippen LogP contribution < -0.4 is 15.8 Å². The average Bonchev–Trinajstić information content (AvgIpc) is 3.09. The number of amides is 1. The van der Waals surface area contributed by atoms with Gasteiger partial charge < -0.3 is 15.8 Å². The molecule has 0 aliphatic rings. The first-order chi connectivity index (χ1) is 13.7. The largest absolute Gasteiger partial charge is 0.497 e. The first kappa shape index (κ1) is 17.9. The number of methoxy groups -OCH3 is 1. The van der Waals surface area contributed by atoms with E-state index in [0.29, 0.717) is 17.1 Å². The van der Waals surface area contributed by atoms with Gasteiger partial charge in [-0.1, -0.05) is 12.1 Å². The lowest BCUT2D eigenvalue weighted by molar-refractivity contribution is 0.0956. The molecule has 4 rings (SSSR count). The minimum absolute atomic E-state index is 0.207. The van der Waals surface area contributed by atoms with Gasteiger partial charge in [-0.25, -0.2) is 4.98 Å². The van der Waals surface area contributed by atoms with E-state index in [1.807, 2.05) is 48.5 Å². The zero-order valence-corrected chi connectivity index (χ0v) is 16.0. The maximum Gasteiger partial charge on any atom is 0.263 e. The molecule has 0 aliphatic heterocycles. The standard InChI is InChI=1S/C21H18N4O2S/c1-27-15-4-2-13(3-5-15)12-24-20(26)19-18(22)16-6-7-17(25-21(16)28-19)14-8-10-23-11-9-14/h2-11H,12,22H2,1H3,(H,24,26). The number of hydrogen-bond donors (Lipinski definition) is 2. The van der Waals surface area contributed by atoms with Gasteiger partial charge in [-0.05, 0) is 42.0 Å². The average molecular weight is 390 g/mol. The third-order valence-corrected chi connectivity index (χ3v) is 5.50. The quantitative estimate of drug-likeness (QED) is 0.540. The van der Waals surface area contributed by atoms with Crippen molar-refractivity contribution in [2.24, 2.45) is 0 Å². The van der Waals surface area contributed by atoms with E-state index in [0.717, 1.165) is 32.8 Å². The molecule has 3 N–H and O–H groups in total. The number of thiophene rings is 1. The molecule has 6 nitrogen and oxygen atoms in total. The van der Waals surface area contributed by atoms with Gasteiger partial charge in [0.15, 0.2) is 0 Å². The molecule has 0 saturated heterocycles. The number of nitrogens with two attached hydrogens (primary N) is 1. The molecule has 0 spiro atoms. The molecule has 7 heteroatoms. The Morgan fingerprint density at radius 1 is 1.11 bits per heavy atom. The Kier molecular flexibility index (Phi) is 4.90. The van der Waals surface area contributed by atoms with Crippen molar-refractivity contribution < 1.29 is 9.53 Å². The van der Waals surface area contributed by atoms with Crippen LogP contribution in [0.5, 0.6) is 5.75 Å². The lowest BCUT2D eigenvalue weighted by Gasteiger charge is -2.06. The van der Waals surface area contributed by atoms with E-state index in [-0.39, 0.29) is 5.91 Å². The van der Waals surface area contributed by atoms with Crippen LogP contribution in [0.15, 0.2) is 60.9 Å². The number of ether oxygens (including phenoxy) is 1. The molecule has 28 heavy (non-hydrogen) atoms. The topological polar surface area (TPSA) is 90.1 Å². The number of anilines is 1. The van der Waals surface area contributed by atoms with Gasteiger partial charge in [-0.2, -0.15) is 0 Å². The monoisotopic (exact) mass is 390 g/mol. The molecule has 0 unspecified atom stereocenters. The highest BCUT2D eigenvalue weighted by molar-refractivity contribution is 7.21. The van der Waals surface area contributed by atoms with Gasteiger partial charge in [0, 0.05) is 29.9 Å². The van der Waals surface area contributed by atoms with Gasteiger partial charge in [0.25, 0.3) is 5.91 Å². The molecule has 0 aliphatic carbocycles. The fourth-order valence-corrected chi connectivity index (χ4v) is 3.87. The molecule has 3 heterocycles. The first-order valence-corrected chi connectivity index (χ1v) is 9.48. The first-order valence-electron chi connectivity index (χ1n) is 8.66. The number of pyridine rings is 2. The molecule has 0 atom stereocenters. The SMILES string of the molecule is COc1ccc(CNC(=O)c2sc3nc(-c4ccncc4)ccc3c2N)cc1. The van der Waals surface area contributed by atoms with Crippen molar-refractivity contribution in [3.05, 3.63) is 71.4 Å². The fraction of sp³-hybridized carbons (Fsp3) is 0.0952. The second-order valence-electron chi connectivity index (χ2n) is 6.16. The van der Waals surface area contributed by atoms with Crippen LogP contribution in [0.3, 0.4) is 0 Å². The number of nitrogens with zero attached hydrogens (tertiary/aromatic N) is 2. The van der Waals surface area contributed by atoms with E-state index < -0.39 is 0 Å². The van der Waals surface area contributed by atoms with Crippen molar-refractivity contribution in [3.8, 4) is 17.0 Å². The summed E-state index contributed by atoms with van der Waals surface area (Å²) in [6.45, 7) is 0.409. The van der Waals surface area contributed by atoms with Crippen LogP contribution in [0.4, 0.5) is 5.69 Å². The zero-order valence-electron chi connectivity index (χ0n) is 15.2. The normalized spacial score (nSPS) is 10.8. The number of fused-ring (bicyclic) bond motifs is 1. The smallest absolute Gasteiger partial charge is 0.263 e. The molecule has 140 valence electrons. The molecule has 3 aromatic heterocycles. The number of hydrogen-bond acceptors (Lipinski definition) is 6. The molecule has 1 aromatic carbocycles. The van der Waals surface area contributed by atoms with Crippen LogP contribution in [-0.2, 0) is 6.54 Å². The highest BCUT2D eigenvalue weighted by Crippen LogP contribution is 2.34. The number of carbonyl (C=O) groups is 1. The summed E-state index contributed by atoms with van der Waals surface area (Å²) in [5, 5.41) is 3.70. The zero-order chi connectivity index (χ0) is 19.5. The van der Waals surface area contributed by atoms with Gasteiger partial charge in [0.05, 0.1) is 18.5 Å². The Bertz CT molecular complexity index is 1120. The number of aromatic nitrogens is 2. The van der Waals surface area contributed by atoms with Crippen molar-refractivity contribution in [3.63, 3.8) is 0 Å². The predicted molar refractivity (Wildman–Crippen MR) is 111 cm³/mol. The van der Waals surface area contributed by atoms with E-state index in [9.17, 15) is 4.79 Å². The second-order valence-corrected chi connectivity index (χ2v) is 7.16. The van der Waals surface area contributed by atoms with Crippen LogP contribution in [0.1, 0.15) is 15.2 Å². The minimum atomic E-state index is -0.207. The maximum absolute atomic E-state index is 12.6. The third-order valence-electron chi connectivity index (χ3n) is 4.39. The second kappa shape index (κ2) is 7.66. The third kappa shape index (κ3) is 3.52. The number of rotatable bonds is 5. The van der Waals surface area contributed by atoms with Gasteiger partial charge in [0.1, 0.15) is 15.5 Å². The van der Waals surface area contributed by atoms with Gasteiger partial charge in [-0.15, -0.1) is 11.3 Å². The summed E-state index contributed by atoms with van der Waals surface area (Å²) >= 11 is 1.30. The molecular formula is C21H18N4O2S. The van der Waals surface area contributed by atoms with Crippen LogP contribution >= 0.6 is 11.3 Å². The lowest BCUT2D eigenvalue weighted by atomic mass is 10.1. The summed E-state index contributed by atoms with van der Waals surface area (Å²) in [5.41, 5.74) is 9.44. The van der Waals surface area contributed by atoms with Gasteiger partial charge in [0.2, 0.25) is 0 Å². The van der Waals surface area contributed by atoms with Crippen LogP contribution in [-0.4, -0.2) is 23.0 Å². The Morgan fingerprint density at radius 3 is 2.57 bits per heavy atom. The number of nitrogen functional groups attached to an aromatic ring is 1. The van der Waals surface area contributed by atoms with Crippen molar-refractivity contribution in [2.75, 3.05) is 12.8 Å². The molecular weight excluding hydrogens is 372 g/mol. The molecule has 4 aromatic rings. The molecule has 0 saturated carbocycles. The van der Waals surface area contributed by atoms with Crippen LogP contribution in [0.2, 0.25) is 0 Å². The fourth-order valence-electron chi connectivity index (χ4n) is 2.86. The maximum atomic E-state index is 12.6. The van der Waals surface area contributed by atoms with E-state index in [4.69, 9.17) is 10.5 Å². The summed E-state index contributed by atoms with van der Waals surface area (Å²) in [7, 11) is 1.62. The molecule has 0 bridgehead atoms. The van der Waals surface area contributed by atoms with Crippen molar-refractivity contribution in [1.82, 2.24) is 15.3 Å². The Balaban J connectivity index is 1.55. The Morgan fingerprint density at radius 2 is 1.86 bits per heavy atom. The molecule has 0 radical (unpaired) electrons. The summed E-state index contributed by atoms with van der Waals surface area (Å²) < 4.78 is 5.14. The van der Waals surface area contributed by atoms with Crippen molar-refractivity contribution in [1.29, 1.82) is 0 Å². The van der Waals surface area contributed by atoms with Crippen molar-refractivity contribution in [2.45, 2.75) is 6.54 Å². The van der Waals surface area contributed by atoms with Crippen LogP contribution in [0.25, 0.3) is 21.5 Å². The van der Waals surface area contributed by atoms with Crippen LogP contribution in [0, 0.1) is 0 Å². The van der Waals surface area contributed by atoms with E-state index >= 15 is 0 Å². The van der Waals surface area contributed by atoms with E-state index in [1.165, 1.54) is 11.3 Å². The van der Waals surface area contributed by atoms with Crippen molar-refractivity contribution >= 4 is 33.1 Å². The Labute approximate surface area is 166 Å². The van der Waals surface area contributed by atoms with E-state index in [2.05, 4.69) is 15.3 Å². The number of carbonyl (C=O) groups excluding carboxylic acids is 1. The molecule has 0 fully saturated rings. The summed E-state index contributed by atoms with van der Waals surface area (Å²) in [5.74, 6) is 0.571. The predicted octanol–water partition coefficient (Wildman–Crippen LogP) is 3.88. The Hall–Kier alpha value is -3.45. The highest BCUT2D eigenvalue weighted by atomic mass is 32.1. The minimum Gasteiger partial charge on any atom is -0.497 e. The molecule has 1 amide bonds. The van der Waals surface area contributed by atoms with E-state index in [1.54, 1.807) is 19.5 Å². The summed E-state index contributed by atoms with van der Waals surface area (Å²) in [6.07, 6.45) is 3.45.